The van der Waals surface area contributed by atoms with E-state index >= 15 is 0 Å². The van der Waals surface area contributed by atoms with Gasteiger partial charge in [-0.3, -0.25) is 4.79 Å². The highest BCUT2D eigenvalue weighted by Gasteiger charge is 2.32. The number of nitrogens with one attached hydrogen (secondary N) is 1. The SMILES string of the molecule is CCCCCCC(C)(NCC)C(=O)OCC. The van der Waals surface area contributed by atoms with Crippen molar-refractivity contribution in [3.05, 3.63) is 0 Å². The van der Waals surface area contributed by atoms with Gasteiger partial charge in [0.1, 0.15) is 5.54 Å². The zero-order chi connectivity index (χ0) is 12.4. The Balaban J connectivity index is 4.15. The van der Waals surface area contributed by atoms with Gasteiger partial charge in [0.25, 0.3) is 0 Å². The lowest BCUT2D eigenvalue weighted by Gasteiger charge is -2.28. The van der Waals surface area contributed by atoms with Gasteiger partial charge in [0.05, 0.1) is 6.61 Å². The van der Waals surface area contributed by atoms with E-state index in [1.807, 2.05) is 20.8 Å². The summed E-state index contributed by atoms with van der Waals surface area (Å²) in [7, 11) is 0. The first-order valence-electron chi connectivity index (χ1n) is 6.53. The molecule has 0 fully saturated rings. The number of hydrogen-bond donors (Lipinski definition) is 1. The van der Waals surface area contributed by atoms with Crippen molar-refractivity contribution in [3.63, 3.8) is 0 Å². The van der Waals surface area contributed by atoms with Crippen molar-refractivity contribution in [1.82, 2.24) is 5.32 Å². The Bertz CT molecular complexity index is 194. The number of carbonyl (C=O) groups excluding carboxylic acids is 1. The molecule has 0 radical (unpaired) electrons. The lowest BCUT2D eigenvalue weighted by Crippen LogP contribution is -2.50. The summed E-state index contributed by atoms with van der Waals surface area (Å²) in [5, 5.41) is 3.25. The van der Waals surface area contributed by atoms with Gasteiger partial charge in [0.2, 0.25) is 0 Å². The van der Waals surface area contributed by atoms with Crippen LogP contribution in [0.3, 0.4) is 0 Å². The van der Waals surface area contributed by atoms with Crippen molar-refractivity contribution in [2.75, 3.05) is 13.2 Å². The number of esters is 1. The molecule has 1 unspecified atom stereocenters. The van der Waals surface area contributed by atoms with E-state index < -0.39 is 5.54 Å². The Labute approximate surface area is 99.9 Å². The lowest BCUT2D eigenvalue weighted by atomic mass is 9.94. The van der Waals surface area contributed by atoms with E-state index in [1.54, 1.807) is 0 Å². The summed E-state index contributed by atoms with van der Waals surface area (Å²) in [6.07, 6.45) is 5.59. The molecule has 0 spiro atoms. The molecular formula is C13H27NO2. The van der Waals surface area contributed by atoms with Gasteiger partial charge in [-0.25, -0.2) is 0 Å². The maximum absolute atomic E-state index is 11.8. The van der Waals surface area contributed by atoms with Gasteiger partial charge in [-0.05, 0) is 26.8 Å². The van der Waals surface area contributed by atoms with Crippen molar-refractivity contribution in [2.45, 2.75) is 65.3 Å². The maximum atomic E-state index is 11.8. The van der Waals surface area contributed by atoms with Crippen LogP contribution >= 0.6 is 0 Å². The van der Waals surface area contributed by atoms with E-state index in [1.165, 1.54) is 19.3 Å². The summed E-state index contributed by atoms with van der Waals surface area (Å²) in [5.74, 6) is -0.117. The van der Waals surface area contributed by atoms with Gasteiger partial charge < -0.3 is 10.1 Å². The second-order valence-electron chi connectivity index (χ2n) is 4.39. The molecule has 3 nitrogen and oxygen atoms in total. The molecule has 0 aromatic heterocycles. The van der Waals surface area contributed by atoms with E-state index in [4.69, 9.17) is 4.74 Å². The summed E-state index contributed by atoms with van der Waals surface area (Å²) >= 11 is 0. The number of rotatable bonds is 9. The predicted molar refractivity (Wildman–Crippen MR) is 67.5 cm³/mol. The van der Waals surface area contributed by atoms with E-state index in [-0.39, 0.29) is 5.97 Å². The van der Waals surface area contributed by atoms with Crippen molar-refractivity contribution in [3.8, 4) is 0 Å². The molecule has 0 saturated heterocycles. The van der Waals surface area contributed by atoms with Crippen LogP contribution in [0, 0.1) is 0 Å². The molecule has 1 atom stereocenters. The molecule has 0 heterocycles. The van der Waals surface area contributed by atoms with E-state index in [0.717, 1.165) is 19.4 Å². The first-order chi connectivity index (χ1) is 7.60. The molecule has 0 aliphatic heterocycles. The van der Waals surface area contributed by atoms with Crippen LogP contribution in [0.15, 0.2) is 0 Å². The summed E-state index contributed by atoms with van der Waals surface area (Å²) < 4.78 is 5.12. The molecule has 0 aromatic rings. The van der Waals surface area contributed by atoms with Crippen molar-refractivity contribution in [2.24, 2.45) is 0 Å². The molecule has 0 aliphatic carbocycles. The summed E-state index contributed by atoms with van der Waals surface area (Å²) in [5.41, 5.74) is -0.501. The third-order valence-electron chi connectivity index (χ3n) is 2.82. The van der Waals surface area contributed by atoms with Gasteiger partial charge >= 0.3 is 5.97 Å². The highest BCUT2D eigenvalue weighted by molar-refractivity contribution is 5.80. The summed E-state index contributed by atoms with van der Waals surface area (Å²) in [6, 6.07) is 0. The van der Waals surface area contributed by atoms with Gasteiger partial charge in [-0.2, -0.15) is 0 Å². The zero-order valence-corrected chi connectivity index (χ0v) is 11.3. The highest BCUT2D eigenvalue weighted by Crippen LogP contribution is 2.17. The molecule has 0 bridgehead atoms. The quantitative estimate of drug-likeness (QED) is 0.488. The minimum absolute atomic E-state index is 0.117. The number of unbranched alkanes of at least 4 members (excludes halogenated alkanes) is 3. The average Bonchev–Trinajstić information content (AvgIpc) is 2.25. The fourth-order valence-corrected chi connectivity index (χ4v) is 1.85. The van der Waals surface area contributed by atoms with Gasteiger partial charge in [-0.1, -0.05) is 39.5 Å². The molecule has 0 rings (SSSR count). The Morgan fingerprint density at radius 2 is 1.88 bits per heavy atom. The lowest BCUT2D eigenvalue weighted by molar-refractivity contribution is -0.150. The Morgan fingerprint density at radius 3 is 2.38 bits per heavy atom. The maximum Gasteiger partial charge on any atom is 0.326 e. The fraction of sp³-hybridized carbons (Fsp3) is 0.923. The van der Waals surface area contributed by atoms with E-state index in [2.05, 4.69) is 12.2 Å². The van der Waals surface area contributed by atoms with Crippen LogP contribution < -0.4 is 5.32 Å². The molecule has 3 heteroatoms. The van der Waals surface area contributed by atoms with Crippen LogP contribution in [0.1, 0.15) is 59.8 Å². The minimum atomic E-state index is -0.501. The molecule has 96 valence electrons. The smallest absolute Gasteiger partial charge is 0.326 e. The van der Waals surface area contributed by atoms with Crippen LogP contribution in [0.2, 0.25) is 0 Å². The third-order valence-corrected chi connectivity index (χ3v) is 2.82. The van der Waals surface area contributed by atoms with Crippen LogP contribution in [0.25, 0.3) is 0 Å². The largest absolute Gasteiger partial charge is 0.465 e. The second kappa shape index (κ2) is 8.57. The first-order valence-corrected chi connectivity index (χ1v) is 6.53. The molecule has 0 aliphatic rings. The Morgan fingerprint density at radius 1 is 1.19 bits per heavy atom. The van der Waals surface area contributed by atoms with Crippen LogP contribution in [0.4, 0.5) is 0 Å². The summed E-state index contributed by atoms with van der Waals surface area (Å²) in [6.45, 7) is 9.25. The number of carbonyl (C=O) groups is 1. The van der Waals surface area contributed by atoms with Crippen molar-refractivity contribution >= 4 is 5.97 Å². The first kappa shape index (κ1) is 15.4. The topological polar surface area (TPSA) is 38.3 Å². The van der Waals surface area contributed by atoms with Crippen LogP contribution in [-0.4, -0.2) is 24.7 Å². The average molecular weight is 229 g/mol. The van der Waals surface area contributed by atoms with Gasteiger partial charge in [0.15, 0.2) is 0 Å². The number of hydrogen-bond acceptors (Lipinski definition) is 3. The normalized spacial score (nSPS) is 14.5. The van der Waals surface area contributed by atoms with Crippen LogP contribution in [-0.2, 0) is 9.53 Å². The molecule has 0 aromatic carbocycles. The zero-order valence-electron chi connectivity index (χ0n) is 11.3. The van der Waals surface area contributed by atoms with E-state index in [0.29, 0.717) is 6.61 Å². The molecule has 1 N–H and O–H groups in total. The van der Waals surface area contributed by atoms with Gasteiger partial charge in [-0.15, -0.1) is 0 Å². The van der Waals surface area contributed by atoms with Crippen molar-refractivity contribution < 1.29 is 9.53 Å². The standard InChI is InChI=1S/C13H27NO2/c1-5-8-9-10-11-13(4,14-6-2)12(15)16-7-3/h14H,5-11H2,1-4H3. The predicted octanol–water partition coefficient (Wildman–Crippen LogP) is 2.89. The summed E-state index contributed by atoms with van der Waals surface area (Å²) in [4.78, 5) is 11.8. The second-order valence-corrected chi connectivity index (χ2v) is 4.39. The van der Waals surface area contributed by atoms with E-state index in [9.17, 15) is 4.79 Å². The van der Waals surface area contributed by atoms with Crippen molar-refractivity contribution in [1.29, 1.82) is 0 Å². The number of ether oxygens (including phenoxy) is 1. The Hall–Kier alpha value is -0.570. The Kier molecular flexibility index (Phi) is 8.26. The number of likely N-dealkylation sites (N-methyl/N-ethyl adjacent to an activating group) is 1. The molecular weight excluding hydrogens is 202 g/mol. The molecule has 0 amide bonds. The fourth-order valence-electron chi connectivity index (χ4n) is 1.85. The highest BCUT2D eigenvalue weighted by atomic mass is 16.5. The molecule has 0 saturated carbocycles. The van der Waals surface area contributed by atoms with Crippen LogP contribution in [0.5, 0.6) is 0 Å². The minimum Gasteiger partial charge on any atom is -0.465 e. The molecule has 16 heavy (non-hydrogen) atoms. The monoisotopic (exact) mass is 229 g/mol. The van der Waals surface area contributed by atoms with Gasteiger partial charge in [0, 0.05) is 0 Å². The third kappa shape index (κ3) is 5.50.